The summed E-state index contributed by atoms with van der Waals surface area (Å²) in [5.74, 6) is -0.529. The molecule has 0 aromatic heterocycles. The second kappa shape index (κ2) is 9.14. The molecule has 0 fully saturated rings. The molecule has 6 nitrogen and oxygen atoms in total. The molecule has 1 atom stereocenters. The minimum absolute atomic E-state index is 0.101. The van der Waals surface area contributed by atoms with Gasteiger partial charge in [-0.15, -0.1) is 0 Å². The zero-order valence-electron chi connectivity index (χ0n) is 18.2. The highest BCUT2D eigenvalue weighted by atomic mass is 32.2. The molecule has 1 N–H and O–H groups in total. The number of carbonyl (C=O) groups excluding carboxylic acids is 1. The van der Waals surface area contributed by atoms with Gasteiger partial charge in [-0.1, -0.05) is 12.1 Å². The van der Waals surface area contributed by atoms with Crippen molar-refractivity contribution in [2.45, 2.75) is 51.1 Å². The van der Waals surface area contributed by atoms with Crippen molar-refractivity contribution < 1.29 is 22.3 Å². The molecule has 2 rings (SSSR count). The molecule has 0 aliphatic rings. The maximum absolute atomic E-state index is 13.2. The summed E-state index contributed by atoms with van der Waals surface area (Å²) in [5, 5.41) is 0. The Labute approximate surface area is 178 Å². The van der Waals surface area contributed by atoms with Gasteiger partial charge in [-0.25, -0.2) is 17.5 Å². The SMILES string of the molecule is CCN(C(=O)c1ccc(OC)c(S(=O)(=O)NC(C)(C)C)c1)C(C)c1ccc(F)cc1. The molecule has 0 heterocycles. The summed E-state index contributed by atoms with van der Waals surface area (Å²) in [6.07, 6.45) is 0. The third-order valence-corrected chi connectivity index (χ3v) is 6.34. The van der Waals surface area contributed by atoms with E-state index in [4.69, 9.17) is 4.74 Å². The summed E-state index contributed by atoms with van der Waals surface area (Å²) in [6, 6.07) is 9.98. The molecule has 8 heteroatoms. The number of sulfonamides is 1. The monoisotopic (exact) mass is 436 g/mol. The van der Waals surface area contributed by atoms with Gasteiger partial charge in [-0.3, -0.25) is 4.79 Å². The average Bonchev–Trinajstić information content (AvgIpc) is 2.66. The van der Waals surface area contributed by atoms with Crippen molar-refractivity contribution in [3.8, 4) is 5.75 Å². The van der Waals surface area contributed by atoms with E-state index in [1.54, 1.807) is 37.8 Å². The number of carbonyl (C=O) groups is 1. The summed E-state index contributed by atoms with van der Waals surface area (Å²) in [5.41, 5.74) is 0.305. The molecular weight excluding hydrogens is 407 g/mol. The Kier molecular flexibility index (Phi) is 7.26. The molecule has 0 radical (unpaired) electrons. The molecule has 164 valence electrons. The Morgan fingerprint density at radius 3 is 2.27 bits per heavy atom. The first kappa shape index (κ1) is 23.8. The highest BCUT2D eigenvalue weighted by Crippen LogP contribution is 2.28. The molecule has 0 bridgehead atoms. The Morgan fingerprint density at radius 1 is 1.17 bits per heavy atom. The maximum Gasteiger partial charge on any atom is 0.254 e. The first-order valence-corrected chi connectivity index (χ1v) is 11.2. The van der Waals surface area contributed by atoms with Crippen LogP contribution in [-0.4, -0.2) is 38.4 Å². The second-order valence-electron chi connectivity index (χ2n) is 8.04. The van der Waals surface area contributed by atoms with E-state index in [-0.39, 0.29) is 34.0 Å². The van der Waals surface area contributed by atoms with Gasteiger partial charge in [0.05, 0.1) is 13.2 Å². The van der Waals surface area contributed by atoms with Gasteiger partial charge in [0.1, 0.15) is 16.5 Å². The third-order valence-electron chi connectivity index (χ3n) is 4.56. The number of benzene rings is 2. The quantitative estimate of drug-likeness (QED) is 0.708. The van der Waals surface area contributed by atoms with Crippen molar-refractivity contribution in [1.82, 2.24) is 9.62 Å². The molecule has 30 heavy (non-hydrogen) atoms. The molecule has 1 unspecified atom stereocenters. The number of nitrogens with zero attached hydrogens (tertiary/aromatic N) is 1. The molecule has 0 spiro atoms. The van der Waals surface area contributed by atoms with E-state index in [1.165, 1.54) is 37.4 Å². The van der Waals surface area contributed by atoms with Crippen molar-refractivity contribution in [1.29, 1.82) is 0 Å². The van der Waals surface area contributed by atoms with Crippen molar-refractivity contribution >= 4 is 15.9 Å². The number of hydrogen-bond acceptors (Lipinski definition) is 4. The summed E-state index contributed by atoms with van der Waals surface area (Å²) >= 11 is 0. The van der Waals surface area contributed by atoms with E-state index < -0.39 is 15.6 Å². The summed E-state index contributed by atoms with van der Waals surface area (Å²) < 4.78 is 46.8. The largest absolute Gasteiger partial charge is 0.495 e. The van der Waals surface area contributed by atoms with Crippen LogP contribution in [0.15, 0.2) is 47.4 Å². The maximum atomic E-state index is 13.2. The van der Waals surface area contributed by atoms with Gasteiger partial charge in [0.15, 0.2) is 0 Å². The number of amides is 1. The predicted molar refractivity (Wildman–Crippen MR) is 115 cm³/mol. The third kappa shape index (κ3) is 5.58. The number of hydrogen-bond donors (Lipinski definition) is 1. The molecule has 0 saturated carbocycles. The zero-order chi connectivity index (χ0) is 22.7. The number of nitrogens with one attached hydrogen (secondary N) is 1. The molecule has 0 aliphatic carbocycles. The highest BCUT2D eigenvalue weighted by molar-refractivity contribution is 7.89. The average molecular weight is 437 g/mol. The normalized spacial score (nSPS) is 13.0. The van der Waals surface area contributed by atoms with E-state index >= 15 is 0 Å². The van der Waals surface area contributed by atoms with Crippen LogP contribution in [-0.2, 0) is 10.0 Å². The lowest BCUT2D eigenvalue weighted by Gasteiger charge is -2.29. The fourth-order valence-electron chi connectivity index (χ4n) is 3.16. The first-order valence-electron chi connectivity index (χ1n) is 9.68. The standard InChI is InChI=1S/C22H29FN2O4S/c1-7-25(15(2)16-8-11-18(23)12-9-16)21(26)17-10-13-19(29-6)20(14-17)30(27,28)24-22(3,4)5/h8-15,24H,7H2,1-6H3. The summed E-state index contributed by atoms with van der Waals surface area (Å²) in [6.45, 7) is 9.27. The van der Waals surface area contributed by atoms with Crippen molar-refractivity contribution in [2.24, 2.45) is 0 Å². The van der Waals surface area contributed by atoms with E-state index in [9.17, 15) is 17.6 Å². The molecule has 0 saturated heterocycles. The lowest BCUT2D eigenvalue weighted by atomic mass is 10.1. The van der Waals surface area contributed by atoms with Crippen LogP contribution in [0, 0.1) is 5.82 Å². The Hall–Kier alpha value is -2.45. The van der Waals surface area contributed by atoms with E-state index in [2.05, 4.69) is 4.72 Å². The lowest BCUT2D eigenvalue weighted by Crippen LogP contribution is -2.40. The first-order chi connectivity index (χ1) is 13.9. The van der Waals surface area contributed by atoms with Crippen LogP contribution >= 0.6 is 0 Å². The van der Waals surface area contributed by atoms with Crippen molar-refractivity contribution in [2.75, 3.05) is 13.7 Å². The van der Waals surface area contributed by atoms with Crippen molar-refractivity contribution in [3.05, 3.63) is 59.4 Å². The molecule has 2 aromatic carbocycles. The van der Waals surface area contributed by atoms with Gasteiger partial charge in [0.2, 0.25) is 10.0 Å². The molecule has 2 aromatic rings. The van der Waals surface area contributed by atoms with Crippen LogP contribution in [0.25, 0.3) is 0 Å². The summed E-state index contributed by atoms with van der Waals surface area (Å²) in [4.78, 5) is 14.7. The predicted octanol–water partition coefficient (Wildman–Crippen LogP) is 4.13. The van der Waals surface area contributed by atoms with Crippen LogP contribution in [0.2, 0.25) is 0 Å². The number of ether oxygens (including phenoxy) is 1. The van der Waals surface area contributed by atoms with Gasteiger partial charge in [0, 0.05) is 17.6 Å². The van der Waals surface area contributed by atoms with Gasteiger partial charge in [-0.2, -0.15) is 0 Å². The Bertz CT molecular complexity index is 999. The lowest BCUT2D eigenvalue weighted by molar-refractivity contribution is 0.0702. The number of halogens is 1. The van der Waals surface area contributed by atoms with Crippen molar-refractivity contribution in [3.63, 3.8) is 0 Å². The number of methoxy groups -OCH3 is 1. The topological polar surface area (TPSA) is 75.7 Å². The molecule has 1 amide bonds. The van der Waals surface area contributed by atoms with Crippen LogP contribution in [0.1, 0.15) is 56.6 Å². The van der Waals surface area contributed by atoms with Gasteiger partial charge >= 0.3 is 0 Å². The molecule has 0 aliphatic heterocycles. The van der Waals surface area contributed by atoms with Crippen LogP contribution in [0.3, 0.4) is 0 Å². The molecular formula is C22H29FN2O4S. The fourth-order valence-corrected chi connectivity index (χ4v) is 4.77. The van der Waals surface area contributed by atoms with E-state index in [0.29, 0.717) is 6.54 Å². The number of rotatable bonds is 7. The van der Waals surface area contributed by atoms with E-state index in [0.717, 1.165) is 5.56 Å². The van der Waals surface area contributed by atoms with E-state index in [1.807, 2.05) is 13.8 Å². The van der Waals surface area contributed by atoms with Gasteiger partial charge in [0.25, 0.3) is 5.91 Å². The minimum atomic E-state index is -3.91. The Balaban J connectivity index is 2.44. The van der Waals surface area contributed by atoms with Gasteiger partial charge in [-0.05, 0) is 70.5 Å². The summed E-state index contributed by atoms with van der Waals surface area (Å²) in [7, 11) is -2.54. The smallest absolute Gasteiger partial charge is 0.254 e. The zero-order valence-corrected chi connectivity index (χ0v) is 19.0. The highest BCUT2D eigenvalue weighted by Gasteiger charge is 2.28. The Morgan fingerprint density at radius 2 is 1.77 bits per heavy atom. The second-order valence-corrected chi connectivity index (χ2v) is 9.69. The van der Waals surface area contributed by atoms with Crippen LogP contribution < -0.4 is 9.46 Å². The minimum Gasteiger partial charge on any atom is -0.495 e. The van der Waals surface area contributed by atoms with Crippen LogP contribution in [0.5, 0.6) is 5.75 Å². The van der Waals surface area contributed by atoms with Crippen LogP contribution in [0.4, 0.5) is 4.39 Å². The van der Waals surface area contributed by atoms with Gasteiger partial charge < -0.3 is 9.64 Å². The fraction of sp³-hybridized carbons (Fsp3) is 0.409.